The number of benzene rings is 3. The number of rotatable bonds is 12. The summed E-state index contributed by atoms with van der Waals surface area (Å²) < 4.78 is 10.7. The van der Waals surface area contributed by atoms with Crippen LogP contribution >= 0.6 is 11.8 Å². The molecule has 0 aliphatic carbocycles. The zero-order valence-electron chi connectivity index (χ0n) is 21.2. The number of aliphatic hydroxyl groups excluding tert-OH is 1. The molecule has 0 aliphatic rings. The first-order valence-electron chi connectivity index (χ1n) is 12.3. The third kappa shape index (κ3) is 8.84. The molecule has 0 fully saturated rings. The molecule has 0 spiro atoms. The lowest BCUT2D eigenvalue weighted by Crippen LogP contribution is -2.50. The maximum atomic E-state index is 13.2. The number of nitrogens with zero attached hydrogens (tertiary/aromatic N) is 2. The van der Waals surface area contributed by atoms with Gasteiger partial charge in [0.15, 0.2) is 0 Å². The van der Waals surface area contributed by atoms with Crippen molar-refractivity contribution in [3.63, 3.8) is 0 Å². The highest BCUT2D eigenvalue weighted by Crippen LogP contribution is 2.30. The third-order valence-corrected chi connectivity index (χ3v) is 6.84. The van der Waals surface area contributed by atoms with Gasteiger partial charge in [-0.25, -0.2) is 9.59 Å². The molecule has 0 heterocycles. The maximum absolute atomic E-state index is 13.2. The smallest absolute Gasteiger partial charge is 0.411 e. The number of hydrogen-bond acceptors (Lipinski definition) is 6. The Morgan fingerprint density at radius 3 is 1.78 bits per heavy atom. The number of aliphatic hydroxyl groups is 1. The minimum Gasteiger partial charge on any atom is -0.450 e. The van der Waals surface area contributed by atoms with Gasteiger partial charge in [0, 0.05) is 11.4 Å². The topological polar surface area (TPSA) is 79.3 Å². The van der Waals surface area contributed by atoms with E-state index in [1.54, 1.807) is 13.8 Å². The molecule has 0 aromatic heterocycles. The maximum Gasteiger partial charge on any atom is 0.411 e. The molecule has 2 unspecified atom stereocenters. The van der Waals surface area contributed by atoms with Crippen LogP contribution in [0.25, 0.3) is 0 Å². The summed E-state index contributed by atoms with van der Waals surface area (Å²) in [6, 6.07) is 28.6. The van der Waals surface area contributed by atoms with Crippen LogP contribution in [0, 0.1) is 0 Å². The molecule has 0 bridgehead atoms. The first-order chi connectivity index (χ1) is 18.0. The van der Waals surface area contributed by atoms with Crippen molar-refractivity contribution >= 4 is 23.9 Å². The van der Waals surface area contributed by atoms with Gasteiger partial charge in [0.25, 0.3) is 0 Å². The summed E-state index contributed by atoms with van der Waals surface area (Å²) >= 11 is 1.35. The molecule has 196 valence electrons. The quantitative estimate of drug-likeness (QED) is 0.240. The highest BCUT2D eigenvalue weighted by atomic mass is 32.2. The number of hydrogen-bond donors (Lipinski definition) is 1. The average molecular weight is 523 g/mol. The van der Waals surface area contributed by atoms with E-state index in [0.717, 1.165) is 16.0 Å². The van der Waals surface area contributed by atoms with E-state index in [2.05, 4.69) is 0 Å². The number of thioether (sulfide) groups is 1. The van der Waals surface area contributed by atoms with Gasteiger partial charge >= 0.3 is 12.2 Å². The predicted octanol–water partition coefficient (Wildman–Crippen LogP) is 5.78. The standard InChI is InChI=1S/C29H34N2O5S/c1-3-35-28(33)30(20-23-14-8-5-9-15-23)22-26(32)27(37-25-18-12-7-13-19-25)31(29(34)36-4-2)21-24-16-10-6-11-17-24/h5-19,26-27,32H,3-4,20-22H2,1-2H3. The molecule has 1 N–H and O–H groups in total. The van der Waals surface area contributed by atoms with E-state index < -0.39 is 23.7 Å². The summed E-state index contributed by atoms with van der Waals surface area (Å²) in [4.78, 5) is 29.9. The van der Waals surface area contributed by atoms with Crippen molar-refractivity contribution in [2.75, 3.05) is 19.8 Å². The molecule has 2 amide bonds. The number of carbonyl (C=O) groups excluding carboxylic acids is 2. The van der Waals surface area contributed by atoms with Crippen molar-refractivity contribution in [1.29, 1.82) is 0 Å². The third-order valence-electron chi connectivity index (χ3n) is 5.48. The monoisotopic (exact) mass is 522 g/mol. The lowest BCUT2D eigenvalue weighted by Gasteiger charge is -2.35. The van der Waals surface area contributed by atoms with E-state index in [0.29, 0.717) is 0 Å². The van der Waals surface area contributed by atoms with Crippen molar-refractivity contribution in [3.05, 3.63) is 102 Å². The lowest BCUT2D eigenvalue weighted by molar-refractivity contribution is 0.0370. The van der Waals surface area contributed by atoms with Gasteiger partial charge in [-0.3, -0.25) is 4.90 Å². The highest BCUT2D eigenvalue weighted by Gasteiger charge is 2.34. The minimum absolute atomic E-state index is 0.0388. The summed E-state index contributed by atoms with van der Waals surface area (Å²) in [5, 5.41) is 10.8. The molecule has 3 aromatic rings. The second-order valence-corrected chi connectivity index (χ2v) is 9.46. The first kappa shape index (κ1) is 28.1. The lowest BCUT2D eigenvalue weighted by atomic mass is 10.2. The molecule has 2 atom stereocenters. The Labute approximate surface area is 223 Å². The molecule has 0 saturated heterocycles. The Kier molecular flexibility index (Phi) is 11.3. The molecule has 0 aliphatic heterocycles. The van der Waals surface area contributed by atoms with Gasteiger partial charge in [-0.15, -0.1) is 0 Å². The van der Waals surface area contributed by atoms with Crippen molar-refractivity contribution in [3.8, 4) is 0 Å². The van der Waals surface area contributed by atoms with Crippen LogP contribution in [0.3, 0.4) is 0 Å². The summed E-state index contributed by atoms with van der Waals surface area (Å²) in [6.45, 7) is 4.36. The molecule has 3 aromatic carbocycles. The predicted molar refractivity (Wildman–Crippen MR) is 145 cm³/mol. The van der Waals surface area contributed by atoms with Crippen LogP contribution in [0.15, 0.2) is 95.9 Å². The van der Waals surface area contributed by atoms with Gasteiger partial charge in [-0.2, -0.15) is 0 Å². The van der Waals surface area contributed by atoms with Crippen LogP contribution in [0.1, 0.15) is 25.0 Å². The summed E-state index contributed by atoms with van der Waals surface area (Å²) in [5.41, 5.74) is 1.80. The highest BCUT2D eigenvalue weighted by molar-refractivity contribution is 8.00. The van der Waals surface area contributed by atoms with E-state index in [9.17, 15) is 14.7 Å². The van der Waals surface area contributed by atoms with Gasteiger partial charge in [0.2, 0.25) is 0 Å². The van der Waals surface area contributed by atoms with Crippen molar-refractivity contribution in [2.45, 2.75) is 43.3 Å². The Morgan fingerprint density at radius 2 is 1.24 bits per heavy atom. The molecular formula is C29H34N2O5S. The van der Waals surface area contributed by atoms with Gasteiger partial charge in [-0.1, -0.05) is 90.6 Å². The zero-order valence-corrected chi connectivity index (χ0v) is 22.0. The van der Waals surface area contributed by atoms with Crippen molar-refractivity contribution < 1.29 is 24.2 Å². The number of amides is 2. The van der Waals surface area contributed by atoms with Crippen LogP contribution in [0.4, 0.5) is 9.59 Å². The Hall–Kier alpha value is -3.49. The van der Waals surface area contributed by atoms with E-state index in [1.807, 2.05) is 91.0 Å². The molecule has 8 heteroatoms. The second kappa shape index (κ2) is 14.9. The van der Waals surface area contributed by atoms with Gasteiger partial charge < -0.3 is 19.5 Å². The van der Waals surface area contributed by atoms with Crippen LogP contribution in [-0.2, 0) is 22.6 Å². The SMILES string of the molecule is CCOC(=O)N(Cc1ccccc1)CC(O)C(Sc1ccccc1)N(Cc1ccccc1)C(=O)OCC. The van der Waals surface area contributed by atoms with Gasteiger partial charge in [0.05, 0.1) is 26.3 Å². The van der Waals surface area contributed by atoms with Gasteiger partial charge in [0.1, 0.15) is 11.5 Å². The van der Waals surface area contributed by atoms with Crippen molar-refractivity contribution in [2.24, 2.45) is 0 Å². The molecule has 0 radical (unpaired) electrons. The Morgan fingerprint density at radius 1 is 0.757 bits per heavy atom. The zero-order chi connectivity index (χ0) is 26.5. The summed E-state index contributed by atoms with van der Waals surface area (Å²) in [6.07, 6.45) is -2.17. The first-order valence-corrected chi connectivity index (χ1v) is 13.2. The molecule has 3 rings (SSSR count). The summed E-state index contributed by atoms with van der Waals surface area (Å²) in [7, 11) is 0. The van der Waals surface area contributed by atoms with Crippen molar-refractivity contribution in [1.82, 2.24) is 9.80 Å². The fraction of sp³-hybridized carbons (Fsp3) is 0.310. The van der Waals surface area contributed by atoms with E-state index in [-0.39, 0.29) is 32.8 Å². The number of carbonyl (C=O) groups is 2. The molecule has 37 heavy (non-hydrogen) atoms. The van der Waals surface area contributed by atoms with E-state index in [4.69, 9.17) is 9.47 Å². The minimum atomic E-state index is -1.11. The van der Waals surface area contributed by atoms with Crippen LogP contribution in [0.5, 0.6) is 0 Å². The fourth-order valence-corrected chi connectivity index (χ4v) is 4.90. The molecule has 0 saturated carbocycles. The Balaban J connectivity index is 1.93. The van der Waals surface area contributed by atoms with Crippen LogP contribution in [0.2, 0.25) is 0 Å². The molecular weight excluding hydrogens is 488 g/mol. The molecule has 7 nitrogen and oxygen atoms in total. The Bertz CT molecular complexity index is 1090. The van der Waals surface area contributed by atoms with Crippen LogP contribution in [-0.4, -0.2) is 58.3 Å². The number of ether oxygens (including phenoxy) is 2. The van der Waals surface area contributed by atoms with E-state index >= 15 is 0 Å². The average Bonchev–Trinajstić information content (AvgIpc) is 2.92. The second-order valence-electron chi connectivity index (χ2n) is 8.27. The largest absolute Gasteiger partial charge is 0.450 e. The normalized spacial score (nSPS) is 12.3. The van der Waals surface area contributed by atoms with E-state index in [1.165, 1.54) is 21.6 Å². The van der Waals surface area contributed by atoms with Gasteiger partial charge in [-0.05, 0) is 37.1 Å². The summed E-state index contributed by atoms with van der Waals surface area (Å²) in [5.74, 6) is 0. The van der Waals surface area contributed by atoms with Crippen LogP contribution < -0.4 is 0 Å². The fourth-order valence-electron chi connectivity index (χ4n) is 3.77.